The van der Waals surface area contributed by atoms with Crippen LogP contribution < -0.4 is 10.6 Å². The first kappa shape index (κ1) is 16.1. The molecule has 0 bridgehead atoms. The van der Waals surface area contributed by atoms with Crippen LogP contribution >= 0.6 is 12.2 Å². The van der Waals surface area contributed by atoms with Gasteiger partial charge >= 0.3 is 0 Å². The fraction of sp³-hybridized carbons (Fsp3) is 0.100. The molecule has 0 fully saturated rings. The average molecular weight is 334 g/mol. The molecule has 3 aromatic carbocycles. The average Bonchev–Trinajstić information content (AvgIpc) is 2.57. The molecule has 0 spiro atoms. The van der Waals surface area contributed by atoms with Crippen LogP contribution in [0, 0.1) is 6.92 Å². The van der Waals surface area contributed by atoms with Gasteiger partial charge in [-0.2, -0.15) is 0 Å². The zero-order chi connectivity index (χ0) is 16.9. The van der Waals surface area contributed by atoms with Crippen LogP contribution in [-0.2, 0) is 11.2 Å². The fourth-order valence-corrected chi connectivity index (χ4v) is 2.86. The third-order valence-corrected chi connectivity index (χ3v) is 4.11. The second-order valence-corrected chi connectivity index (χ2v) is 6.04. The highest BCUT2D eigenvalue weighted by Gasteiger charge is 2.09. The van der Waals surface area contributed by atoms with Crippen molar-refractivity contribution in [2.24, 2.45) is 0 Å². The molecule has 24 heavy (non-hydrogen) atoms. The number of hydrogen-bond acceptors (Lipinski definition) is 2. The van der Waals surface area contributed by atoms with Crippen molar-refractivity contribution in [3.05, 3.63) is 77.9 Å². The van der Waals surface area contributed by atoms with Gasteiger partial charge in [0.05, 0.1) is 6.42 Å². The van der Waals surface area contributed by atoms with Crippen molar-refractivity contribution in [1.82, 2.24) is 5.32 Å². The molecule has 0 atom stereocenters. The topological polar surface area (TPSA) is 41.1 Å². The summed E-state index contributed by atoms with van der Waals surface area (Å²) in [6, 6.07) is 21.8. The van der Waals surface area contributed by atoms with Crippen LogP contribution in [-0.4, -0.2) is 11.0 Å². The zero-order valence-corrected chi connectivity index (χ0v) is 14.2. The summed E-state index contributed by atoms with van der Waals surface area (Å²) >= 11 is 5.28. The van der Waals surface area contributed by atoms with Crippen LogP contribution in [0.3, 0.4) is 0 Å². The number of anilines is 1. The molecule has 0 aromatic heterocycles. The Kier molecular flexibility index (Phi) is 4.87. The number of fused-ring (bicyclic) bond motifs is 1. The molecule has 1 amide bonds. The van der Waals surface area contributed by atoms with Crippen molar-refractivity contribution >= 4 is 39.7 Å². The van der Waals surface area contributed by atoms with Crippen LogP contribution in [0.4, 0.5) is 5.69 Å². The second-order valence-electron chi connectivity index (χ2n) is 5.63. The first-order chi connectivity index (χ1) is 11.6. The van der Waals surface area contributed by atoms with Crippen LogP contribution in [0.1, 0.15) is 11.1 Å². The Labute approximate surface area is 146 Å². The van der Waals surface area contributed by atoms with Gasteiger partial charge in [0.2, 0.25) is 5.91 Å². The lowest BCUT2D eigenvalue weighted by Crippen LogP contribution is -2.35. The summed E-state index contributed by atoms with van der Waals surface area (Å²) in [6.45, 7) is 2.00. The van der Waals surface area contributed by atoms with Gasteiger partial charge in [0, 0.05) is 11.1 Å². The van der Waals surface area contributed by atoms with Gasteiger partial charge in [0.25, 0.3) is 0 Å². The number of rotatable bonds is 3. The van der Waals surface area contributed by atoms with Crippen molar-refractivity contribution in [2.45, 2.75) is 13.3 Å². The third-order valence-electron chi connectivity index (χ3n) is 3.90. The number of carbonyl (C=O) groups excluding carboxylic acids is 1. The van der Waals surface area contributed by atoms with Gasteiger partial charge in [-0.25, -0.2) is 0 Å². The molecular formula is C20H18N2OS. The predicted molar refractivity (Wildman–Crippen MR) is 103 cm³/mol. The number of thiocarbonyl (C=S) groups is 1. The van der Waals surface area contributed by atoms with E-state index in [0.29, 0.717) is 11.5 Å². The molecule has 0 saturated carbocycles. The zero-order valence-electron chi connectivity index (χ0n) is 13.4. The molecule has 2 N–H and O–H groups in total. The Morgan fingerprint density at radius 2 is 1.67 bits per heavy atom. The minimum Gasteiger partial charge on any atom is -0.332 e. The van der Waals surface area contributed by atoms with E-state index in [0.717, 1.165) is 27.6 Å². The maximum Gasteiger partial charge on any atom is 0.230 e. The van der Waals surface area contributed by atoms with E-state index < -0.39 is 0 Å². The molecule has 3 nitrogen and oxygen atoms in total. The Morgan fingerprint density at radius 3 is 2.50 bits per heavy atom. The molecule has 0 heterocycles. The summed E-state index contributed by atoms with van der Waals surface area (Å²) in [5.74, 6) is -0.123. The van der Waals surface area contributed by atoms with Crippen molar-refractivity contribution in [2.75, 3.05) is 5.32 Å². The van der Waals surface area contributed by atoms with Crippen LogP contribution in [0.15, 0.2) is 66.7 Å². The predicted octanol–water partition coefficient (Wildman–Crippen LogP) is 4.20. The van der Waals surface area contributed by atoms with Crippen LogP contribution in [0.25, 0.3) is 10.8 Å². The molecule has 3 aromatic rings. The van der Waals surface area contributed by atoms with Gasteiger partial charge in [-0.3, -0.25) is 4.79 Å². The molecule has 0 aliphatic rings. The second kappa shape index (κ2) is 7.23. The van der Waals surface area contributed by atoms with Crippen molar-refractivity contribution in [1.29, 1.82) is 0 Å². The summed E-state index contributed by atoms with van der Waals surface area (Å²) in [4.78, 5) is 12.2. The number of nitrogens with one attached hydrogen (secondary N) is 2. The highest BCUT2D eigenvalue weighted by Crippen LogP contribution is 2.22. The lowest BCUT2D eigenvalue weighted by molar-refractivity contribution is -0.119. The van der Waals surface area contributed by atoms with E-state index in [1.54, 1.807) is 0 Å². The van der Waals surface area contributed by atoms with Crippen molar-refractivity contribution in [3.63, 3.8) is 0 Å². The largest absolute Gasteiger partial charge is 0.332 e. The van der Waals surface area contributed by atoms with E-state index in [4.69, 9.17) is 12.2 Å². The molecule has 0 saturated heterocycles. The van der Waals surface area contributed by atoms with Gasteiger partial charge in [0.15, 0.2) is 5.11 Å². The lowest BCUT2D eigenvalue weighted by atomic mass is 10.1. The maximum absolute atomic E-state index is 12.2. The Bertz CT molecular complexity index is 900. The van der Waals surface area contributed by atoms with E-state index >= 15 is 0 Å². The lowest BCUT2D eigenvalue weighted by Gasteiger charge is -2.12. The number of hydrogen-bond donors (Lipinski definition) is 2. The first-order valence-corrected chi connectivity index (χ1v) is 8.17. The fourth-order valence-electron chi connectivity index (χ4n) is 2.64. The number of amides is 1. The van der Waals surface area contributed by atoms with Gasteiger partial charge in [-0.15, -0.1) is 0 Å². The van der Waals surface area contributed by atoms with Crippen molar-refractivity contribution in [3.8, 4) is 0 Å². The minimum atomic E-state index is -0.123. The van der Waals surface area contributed by atoms with Crippen LogP contribution in [0.2, 0.25) is 0 Å². The highest BCUT2D eigenvalue weighted by molar-refractivity contribution is 7.80. The molecule has 0 radical (unpaired) electrons. The van der Waals surface area contributed by atoms with E-state index in [9.17, 15) is 4.79 Å². The monoisotopic (exact) mass is 334 g/mol. The Hall–Kier alpha value is -2.72. The summed E-state index contributed by atoms with van der Waals surface area (Å²) < 4.78 is 0. The van der Waals surface area contributed by atoms with Crippen LogP contribution in [0.5, 0.6) is 0 Å². The molecular weight excluding hydrogens is 316 g/mol. The quantitative estimate of drug-likeness (QED) is 0.705. The molecule has 3 rings (SSSR count). The molecule has 0 aliphatic heterocycles. The van der Waals surface area contributed by atoms with E-state index in [-0.39, 0.29) is 5.91 Å². The summed E-state index contributed by atoms with van der Waals surface area (Å²) in [5, 5.41) is 8.36. The number of carbonyl (C=O) groups is 1. The number of benzene rings is 3. The van der Waals surface area contributed by atoms with Crippen molar-refractivity contribution < 1.29 is 4.79 Å². The third kappa shape index (κ3) is 3.78. The maximum atomic E-state index is 12.2. The van der Waals surface area contributed by atoms with Gasteiger partial charge < -0.3 is 10.6 Å². The highest BCUT2D eigenvalue weighted by atomic mass is 32.1. The van der Waals surface area contributed by atoms with E-state index in [2.05, 4.69) is 10.6 Å². The summed E-state index contributed by atoms with van der Waals surface area (Å²) in [5.41, 5.74) is 2.98. The first-order valence-electron chi connectivity index (χ1n) is 7.76. The number of aryl methyl sites for hydroxylation is 1. The SMILES string of the molecule is Cc1ccccc1CC(=O)NC(=S)Nc1cccc2ccccc12. The van der Waals surface area contributed by atoms with E-state index in [1.807, 2.05) is 73.7 Å². The van der Waals surface area contributed by atoms with E-state index in [1.165, 1.54) is 0 Å². The standard InChI is InChI=1S/C20H18N2OS/c1-14-7-2-3-9-16(14)13-19(23)22-20(24)21-18-12-6-10-15-8-4-5-11-17(15)18/h2-12H,13H2,1H3,(H2,21,22,23,24). The van der Waals surface area contributed by atoms with Gasteiger partial charge in [-0.1, -0.05) is 60.7 Å². The summed E-state index contributed by atoms with van der Waals surface area (Å²) in [7, 11) is 0. The van der Waals surface area contributed by atoms with Gasteiger partial charge in [-0.05, 0) is 41.7 Å². The minimum absolute atomic E-state index is 0.123. The van der Waals surface area contributed by atoms with Gasteiger partial charge in [0.1, 0.15) is 0 Å². The molecule has 0 aliphatic carbocycles. The smallest absolute Gasteiger partial charge is 0.230 e. The Balaban J connectivity index is 1.67. The normalized spacial score (nSPS) is 10.4. The summed E-state index contributed by atoms with van der Waals surface area (Å²) in [6.07, 6.45) is 0.310. The Morgan fingerprint density at radius 1 is 0.958 bits per heavy atom. The molecule has 4 heteroatoms. The molecule has 0 unspecified atom stereocenters. The molecule has 120 valence electrons.